The lowest BCUT2D eigenvalue weighted by atomic mass is 9.86. The van der Waals surface area contributed by atoms with Crippen LogP contribution in [0.3, 0.4) is 0 Å². The van der Waals surface area contributed by atoms with Crippen molar-refractivity contribution in [3.8, 4) is 5.88 Å². The number of carbonyl (C=O) groups is 1. The molecule has 0 spiro atoms. The van der Waals surface area contributed by atoms with Crippen molar-refractivity contribution in [1.29, 1.82) is 0 Å². The van der Waals surface area contributed by atoms with Crippen LogP contribution in [0.4, 0.5) is 10.5 Å². The molecule has 2 aromatic rings. The monoisotopic (exact) mass is 353 g/mol. The average Bonchev–Trinajstić information content (AvgIpc) is 3.11. The number of hydrogen-bond acceptors (Lipinski definition) is 3. The zero-order chi connectivity index (χ0) is 18.7. The van der Waals surface area contributed by atoms with Crippen LogP contribution in [0.2, 0.25) is 0 Å². The molecule has 2 amide bonds. The number of anilines is 1. The predicted octanol–water partition coefficient (Wildman–Crippen LogP) is 4.76. The second-order valence-electron chi connectivity index (χ2n) is 7.71. The number of nitrogens with zero attached hydrogens (tertiary/aromatic N) is 2. The zero-order valence-electron chi connectivity index (χ0n) is 16.0. The minimum Gasteiger partial charge on any atom is -0.480 e. The fraction of sp³-hybridized carbons (Fsp3) is 0.429. The molecule has 138 valence electrons. The van der Waals surface area contributed by atoms with Gasteiger partial charge in [-0.05, 0) is 41.5 Å². The first-order chi connectivity index (χ1) is 12.4. The molecule has 26 heavy (non-hydrogen) atoms. The SMILES string of the molecule is COc1ncccc1NC(=O)N1CCCC1c1ccc(C(C)(C)C)cc1. The number of amides is 2. The van der Waals surface area contributed by atoms with Gasteiger partial charge in [-0.3, -0.25) is 0 Å². The van der Waals surface area contributed by atoms with Crippen LogP contribution >= 0.6 is 0 Å². The van der Waals surface area contributed by atoms with E-state index in [4.69, 9.17) is 4.74 Å². The van der Waals surface area contributed by atoms with Gasteiger partial charge < -0.3 is 15.0 Å². The molecule has 5 nitrogen and oxygen atoms in total. The first-order valence-corrected chi connectivity index (χ1v) is 9.07. The number of carbonyl (C=O) groups excluding carboxylic acids is 1. The van der Waals surface area contributed by atoms with Gasteiger partial charge in [0, 0.05) is 12.7 Å². The number of ether oxygens (including phenoxy) is 1. The van der Waals surface area contributed by atoms with E-state index in [0.29, 0.717) is 11.6 Å². The van der Waals surface area contributed by atoms with Crippen LogP contribution < -0.4 is 10.1 Å². The van der Waals surface area contributed by atoms with Crippen LogP contribution in [0, 0.1) is 0 Å². The van der Waals surface area contributed by atoms with Crippen molar-refractivity contribution in [2.45, 2.75) is 45.1 Å². The lowest BCUT2D eigenvalue weighted by Gasteiger charge is -2.26. The molecule has 2 heterocycles. The van der Waals surface area contributed by atoms with Crippen LogP contribution in [0.15, 0.2) is 42.6 Å². The van der Waals surface area contributed by atoms with Gasteiger partial charge in [-0.15, -0.1) is 0 Å². The Bertz CT molecular complexity index is 766. The lowest BCUT2D eigenvalue weighted by Crippen LogP contribution is -2.34. The Kier molecular flexibility index (Phi) is 5.16. The Hall–Kier alpha value is -2.56. The number of rotatable bonds is 3. The summed E-state index contributed by atoms with van der Waals surface area (Å²) >= 11 is 0. The number of aromatic nitrogens is 1. The largest absolute Gasteiger partial charge is 0.480 e. The molecule has 0 aliphatic carbocycles. The number of nitrogens with one attached hydrogen (secondary N) is 1. The fourth-order valence-electron chi connectivity index (χ4n) is 3.40. The maximum Gasteiger partial charge on any atom is 0.322 e. The molecular weight excluding hydrogens is 326 g/mol. The van der Waals surface area contributed by atoms with Crippen molar-refractivity contribution in [3.63, 3.8) is 0 Å². The average molecular weight is 353 g/mol. The molecular formula is C21H27N3O2. The molecule has 1 unspecified atom stereocenters. The molecule has 0 bridgehead atoms. The van der Waals surface area contributed by atoms with Gasteiger partial charge >= 0.3 is 6.03 Å². The highest BCUT2D eigenvalue weighted by Crippen LogP contribution is 2.34. The van der Waals surface area contributed by atoms with Crippen molar-refractivity contribution >= 4 is 11.7 Å². The minimum atomic E-state index is -0.112. The molecule has 1 aromatic carbocycles. The van der Waals surface area contributed by atoms with E-state index in [-0.39, 0.29) is 17.5 Å². The molecule has 5 heteroatoms. The molecule has 1 fully saturated rings. The van der Waals surface area contributed by atoms with Crippen molar-refractivity contribution in [2.75, 3.05) is 19.0 Å². The summed E-state index contributed by atoms with van der Waals surface area (Å²) in [5, 5.41) is 2.94. The molecule has 1 aromatic heterocycles. The van der Waals surface area contributed by atoms with Crippen molar-refractivity contribution in [1.82, 2.24) is 9.88 Å². The van der Waals surface area contributed by atoms with E-state index in [1.165, 1.54) is 11.1 Å². The summed E-state index contributed by atoms with van der Waals surface area (Å²) < 4.78 is 5.22. The van der Waals surface area contributed by atoms with Crippen LogP contribution in [0.1, 0.15) is 50.8 Å². The van der Waals surface area contributed by atoms with Crippen LogP contribution in [-0.2, 0) is 5.41 Å². The van der Waals surface area contributed by atoms with Gasteiger partial charge in [0.05, 0.1) is 13.2 Å². The zero-order valence-corrected chi connectivity index (χ0v) is 16.0. The second-order valence-corrected chi connectivity index (χ2v) is 7.71. The highest BCUT2D eigenvalue weighted by molar-refractivity contribution is 5.91. The van der Waals surface area contributed by atoms with Crippen LogP contribution in [-0.4, -0.2) is 29.6 Å². The number of benzene rings is 1. The fourth-order valence-corrected chi connectivity index (χ4v) is 3.40. The molecule has 1 N–H and O–H groups in total. The molecule has 1 aliphatic rings. The predicted molar refractivity (Wildman–Crippen MR) is 104 cm³/mol. The van der Waals surface area contributed by atoms with E-state index in [9.17, 15) is 4.79 Å². The third-order valence-corrected chi connectivity index (χ3v) is 4.88. The number of likely N-dealkylation sites (tertiary alicyclic amines) is 1. The molecule has 1 aliphatic heterocycles. The molecule has 1 atom stereocenters. The Balaban J connectivity index is 1.76. The Morgan fingerprint density at radius 2 is 1.96 bits per heavy atom. The van der Waals surface area contributed by atoms with Gasteiger partial charge in [0.1, 0.15) is 5.69 Å². The topological polar surface area (TPSA) is 54.5 Å². The Labute approximate surface area is 155 Å². The summed E-state index contributed by atoms with van der Waals surface area (Å²) in [6.07, 6.45) is 3.62. The molecule has 0 saturated carbocycles. The summed E-state index contributed by atoms with van der Waals surface area (Å²) in [6, 6.07) is 12.2. The highest BCUT2D eigenvalue weighted by atomic mass is 16.5. The third kappa shape index (κ3) is 3.82. The van der Waals surface area contributed by atoms with E-state index in [2.05, 4.69) is 55.3 Å². The summed E-state index contributed by atoms with van der Waals surface area (Å²) in [4.78, 5) is 18.9. The number of methoxy groups -OCH3 is 1. The van der Waals surface area contributed by atoms with Crippen LogP contribution in [0.25, 0.3) is 0 Å². The number of hydrogen-bond donors (Lipinski definition) is 1. The first kappa shape index (κ1) is 18.2. The van der Waals surface area contributed by atoms with E-state index < -0.39 is 0 Å². The van der Waals surface area contributed by atoms with Gasteiger partial charge in [-0.25, -0.2) is 9.78 Å². The lowest BCUT2D eigenvalue weighted by molar-refractivity contribution is 0.207. The molecule has 0 radical (unpaired) electrons. The van der Waals surface area contributed by atoms with E-state index in [0.717, 1.165) is 19.4 Å². The van der Waals surface area contributed by atoms with Crippen LogP contribution in [0.5, 0.6) is 5.88 Å². The molecule has 1 saturated heterocycles. The maximum atomic E-state index is 12.8. The maximum absolute atomic E-state index is 12.8. The molecule has 3 rings (SSSR count). The Morgan fingerprint density at radius 1 is 1.23 bits per heavy atom. The van der Waals surface area contributed by atoms with Gasteiger partial charge in [0.2, 0.25) is 5.88 Å². The normalized spacial score (nSPS) is 17.2. The summed E-state index contributed by atoms with van der Waals surface area (Å²) in [5.74, 6) is 0.422. The first-order valence-electron chi connectivity index (χ1n) is 9.07. The Morgan fingerprint density at radius 3 is 2.62 bits per heavy atom. The smallest absolute Gasteiger partial charge is 0.322 e. The second kappa shape index (κ2) is 7.36. The highest BCUT2D eigenvalue weighted by Gasteiger charge is 2.30. The van der Waals surface area contributed by atoms with E-state index in [1.54, 1.807) is 25.4 Å². The van der Waals surface area contributed by atoms with E-state index >= 15 is 0 Å². The quantitative estimate of drug-likeness (QED) is 0.866. The summed E-state index contributed by atoms with van der Waals surface area (Å²) in [7, 11) is 1.55. The standard InChI is InChI=1S/C21H27N3O2/c1-21(2,3)16-11-9-15(10-12-16)18-8-6-14-24(18)20(25)23-17-7-5-13-22-19(17)26-4/h5,7,9-13,18H,6,8,14H2,1-4H3,(H,23,25). The minimum absolute atomic E-state index is 0.103. The van der Waals surface area contributed by atoms with Gasteiger partial charge in [-0.2, -0.15) is 0 Å². The summed E-state index contributed by atoms with van der Waals surface area (Å²) in [6.45, 7) is 7.37. The van der Waals surface area contributed by atoms with Crippen molar-refractivity contribution < 1.29 is 9.53 Å². The number of urea groups is 1. The summed E-state index contributed by atoms with van der Waals surface area (Å²) in [5.41, 5.74) is 3.20. The third-order valence-electron chi connectivity index (χ3n) is 4.88. The number of pyridine rings is 1. The van der Waals surface area contributed by atoms with Crippen molar-refractivity contribution in [3.05, 3.63) is 53.7 Å². The van der Waals surface area contributed by atoms with Gasteiger partial charge in [-0.1, -0.05) is 45.0 Å². The van der Waals surface area contributed by atoms with Gasteiger partial charge in [0.15, 0.2) is 0 Å². The van der Waals surface area contributed by atoms with E-state index in [1.807, 2.05) is 4.90 Å². The van der Waals surface area contributed by atoms with Crippen molar-refractivity contribution in [2.24, 2.45) is 0 Å². The van der Waals surface area contributed by atoms with Gasteiger partial charge in [0.25, 0.3) is 0 Å².